The van der Waals surface area contributed by atoms with Gasteiger partial charge in [0, 0.05) is 25.0 Å². The fourth-order valence-corrected chi connectivity index (χ4v) is 2.77. The zero-order chi connectivity index (χ0) is 16.9. The van der Waals surface area contributed by atoms with Gasteiger partial charge in [0.05, 0.1) is 0 Å². The molecule has 0 unspecified atom stereocenters. The number of amides is 1. The van der Waals surface area contributed by atoms with Crippen molar-refractivity contribution in [2.75, 3.05) is 20.3 Å². The average Bonchev–Trinajstić information content (AvgIpc) is 2.61. The third-order valence-corrected chi connectivity index (χ3v) is 4.24. The highest BCUT2D eigenvalue weighted by atomic mass is 35.5. The minimum Gasteiger partial charge on any atom is -0.486 e. The van der Waals surface area contributed by atoms with Crippen LogP contribution in [-0.2, 0) is 17.8 Å². The molecule has 1 amide bonds. The van der Waals surface area contributed by atoms with Crippen molar-refractivity contribution in [1.82, 2.24) is 4.90 Å². The van der Waals surface area contributed by atoms with Crippen molar-refractivity contribution in [3.63, 3.8) is 0 Å². The highest BCUT2D eigenvalue weighted by molar-refractivity contribution is 6.30. The Morgan fingerprint density at radius 1 is 1.04 bits per heavy atom. The molecule has 3 rings (SSSR count). The summed E-state index contributed by atoms with van der Waals surface area (Å²) in [6.07, 6.45) is 1.18. The van der Waals surface area contributed by atoms with E-state index in [4.69, 9.17) is 21.1 Å². The molecular weight excluding hydrogens is 326 g/mol. The summed E-state index contributed by atoms with van der Waals surface area (Å²) in [5.74, 6) is 1.63. The summed E-state index contributed by atoms with van der Waals surface area (Å²) >= 11 is 5.87. The maximum Gasteiger partial charge on any atom is 0.222 e. The molecule has 0 atom stereocenters. The van der Waals surface area contributed by atoms with E-state index in [-0.39, 0.29) is 5.91 Å². The molecule has 0 saturated heterocycles. The molecule has 1 aliphatic rings. The molecule has 0 aromatic heterocycles. The first-order valence-corrected chi connectivity index (χ1v) is 8.36. The maximum absolute atomic E-state index is 12.3. The zero-order valence-corrected chi connectivity index (χ0v) is 14.4. The van der Waals surface area contributed by atoms with Gasteiger partial charge in [-0.2, -0.15) is 0 Å². The Bertz CT molecular complexity index is 715. The van der Waals surface area contributed by atoms with E-state index in [0.29, 0.717) is 37.6 Å². The maximum atomic E-state index is 12.3. The largest absolute Gasteiger partial charge is 0.486 e. The fraction of sp³-hybridized carbons (Fsp3) is 0.316. The molecule has 0 fully saturated rings. The molecule has 0 radical (unpaired) electrons. The molecule has 1 heterocycles. The third kappa shape index (κ3) is 4.20. The van der Waals surface area contributed by atoms with Crippen LogP contribution in [0.5, 0.6) is 11.5 Å². The number of rotatable bonds is 5. The highest BCUT2D eigenvalue weighted by Gasteiger charge is 2.14. The van der Waals surface area contributed by atoms with E-state index in [2.05, 4.69) is 0 Å². The summed E-state index contributed by atoms with van der Waals surface area (Å²) < 4.78 is 11.1. The first kappa shape index (κ1) is 16.7. The van der Waals surface area contributed by atoms with Crippen LogP contribution in [-0.4, -0.2) is 31.1 Å². The lowest BCUT2D eigenvalue weighted by Gasteiger charge is -2.21. The highest BCUT2D eigenvalue weighted by Crippen LogP contribution is 2.31. The van der Waals surface area contributed by atoms with Gasteiger partial charge in [-0.05, 0) is 41.8 Å². The Morgan fingerprint density at radius 3 is 2.46 bits per heavy atom. The quantitative estimate of drug-likeness (QED) is 0.829. The summed E-state index contributed by atoms with van der Waals surface area (Å²) in [5.41, 5.74) is 2.14. The number of hydrogen-bond donors (Lipinski definition) is 0. The van der Waals surface area contributed by atoms with E-state index in [1.807, 2.05) is 49.5 Å². The van der Waals surface area contributed by atoms with Gasteiger partial charge >= 0.3 is 0 Å². The van der Waals surface area contributed by atoms with Crippen molar-refractivity contribution < 1.29 is 14.3 Å². The molecule has 1 aliphatic heterocycles. The number of ether oxygens (including phenoxy) is 2. The molecule has 0 saturated carbocycles. The van der Waals surface area contributed by atoms with Gasteiger partial charge in [0.15, 0.2) is 11.5 Å². The van der Waals surface area contributed by atoms with Crippen molar-refractivity contribution in [3.05, 3.63) is 58.6 Å². The molecule has 5 heteroatoms. The van der Waals surface area contributed by atoms with Crippen LogP contribution in [0.15, 0.2) is 42.5 Å². The van der Waals surface area contributed by atoms with Crippen LogP contribution in [0.1, 0.15) is 17.5 Å². The lowest BCUT2D eigenvalue weighted by atomic mass is 10.1. The third-order valence-electron chi connectivity index (χ3n) is 3.99. The molecule has 2 aromatic rings. The number of hydrogen-bond acceptors (Lipinski definition) is 3. The van der Waals surface area contributed by atoms with Gasteiger partial charge in [-0.25, -0.2) is 0 Å². The van der Waals surface area contributed by atoms with E-state index < -0.39 is 0 Å². The predicted octanol–water partition coefficient (Wildman–Crippen LogP) is 3.70. The molecule has 126 valence electrons. The number of nitrogens with zero attached hydrogens (tertiary/aromatic N) is 1. The van der Waals surface area contributed by atoms with E-state index in [1.165, 1.54) is 0 Å². The predicted molar refractivity (Wildman–Crippen MR) is 93.7 cm³/mol. The van der Waals surface area contributed by atoms with Gasteiger partial charge in [0.1, 0.15) is 13.2 Å². The van der Waals surface area contributed by atoms with Crippen molar-refractivity contribution in [1.29, 1.82) is 0 Å². The van der Waals surface area contributed by atoms with Gasteiger partial charge < -0.3 is 14.4 Å². The van der Waals surface area contributed by atoms with Crippen molar-refractivity contribution in [2.24, 2.45) is 0 Å². The summed E-state index contributed by atoms with van der Waals surface area (Å²) in [6, 6.07) is 13.4. The Hall–Kier alpha value is -2.20. The van der Waals surface area contributed by atoms with Crippen LogP contribution in [0.25, 0.3) is 0 Å². The minimum atomic E-state index is 0.111. The van der Waals surface area contributed by atoms with Crippen LogP contribution in [0, 0.1) is 0 Å². The van der Waals surface area contributed by atoms with Crippen LogP contribution in [0.2, 0.25) is 5.02 Å². The molecule has 0 bridgehead atoms. The Labute approximate surface area is 146 Å². The number of halogens is 1. The summed E-state index contributed by atoms with van der Waals surface area (Å²) in [5, 5.41) is 0.709. The minimum absolute atomic E-state index is 0.111. The molecule has 4 nitrogen and oxygen atoms in total. The molecule has 0 aliphatic carbocycles. The SMILES string of the molecule is CN(Cc1ccc2c(c1)OCCO2)C(=O)CCc1ccc(Cl)cc1. The van der Waals surface area contributed by atoms with E-state index in [1.54, 1.807) is 4.90 Å². The van der Waals surface area contributed by atoms with Crippen LogP contribution in [0.3, 0.4) is 0 Å². The Kier molecular flexibility index (Phi) is 5.26. The van der Waals surface area contributed by atoms with E-state index in [0.717, 1.165) is 22.6 Å². The van der Waals surface area contributed by atoms with Gasteiger partial charge in [-0.15, -0.1) is 0 Å². The number of carbonyl (C=O) groups excluding carboxylic acids is 1. The van der Waals surface area contributed by atoms with Crippen LogP contribution < -0.4 is 9.47 Å². The molecule has 0 N–H and O–H groups in total. The van der Waals surface area contributed by atoms with Gasteiger partial charge in [0.2, 0.25) is 5.91 Å². The second-order valence-corrected chi connectivity index (χ2v) is 6.29. The normalized spacial score (nSPS) is 12.8. The lowest BCUT2D eigenvalue weighted by molar-refractivity contribution is -0.130. The number of carbonyl (C=O) groups is 1. The summed E-state index contributed by atoms with van der Waals surface area (Å²) in [6.45, 7) is 1.69. The van der Waals surface area contributed by atoms with Crippen LogP contribution >= 0.6 is 11.6 Å². The number of aryl methyl sites for hydroxylation is 1. The first-order chi connectivity index (χ1) is 11.6. The summed E-state index contributed by atoms with van der Waals surface area (Å²) in [4.78, 5) is 14.1. The van der Waals surface area contributed by atoms with E-state index >= 15 is 0 Å². The second-order valence-electron chi connectivity index (χ2n) is 5.85. The van der Waals surface area contributed by atoms with Crippen LogP contribution in [0.4, 0.5) is 0 Å². The van der Waals surface area contributed by atoms with Crippen molar-refractivity contribution >= 4 is 17.5 Å². The second kappa shape index (κ2) is 7.58. The Balaban J connectivity index is 1.55. The fourth-order valence-electron chi connectivity index (χ4n) is 2.64. The average molecular weight is 346 g/mol. The monoisotopic (exact) mass is 345 g/mol. The first-order valence-electron chi connectivity index (χ1n) is 7.99. The Morgan fingerprint density at radius 2 is 1.71 bits per heavy atom. The number of benzene rings is 2. The standard InChI is InChI=1S/C19H20ClNO3/c1-21(19(22)9-5-14-2-6-16(20)7-3-14)13-15-4-8-17-18(12-15)24-11-10-23-17/h2-4,6-8,12H,5,9-11,13H2,1H3. The molecular formula is C19H20ClNO3. The zero-order valence-electron chi connectivity index (χ0n) is 13.6. The van der Waals surface area contributed by atoms with E-state index in [9.17, 15) is 4.79 Å². The molecule has 24 heavy (non-hydrogen) atoms. The topological polar surface area (TPSA) is 38.8 Å². The van der Waals surface area contributed by atoms with Crippen molar-refractivity contribution in [3.8, 4) is 11.5 Å². The van der Waals surface area contributed by atoms with Gasteiger partial charge in [0.25, 0.3) is 0 Å². The number of fused-ring (bicyclic) bond motifs is 1. The molecule has 0 spiro atoms. The molecule has 2 aromatic carbocycles. The van der Waals surface area contributed by atoms with Gasteiger partial charge in [-0.3, -0.25) is 4.79 Å². The lowest BCUT2D eigenvalue weighted by Crippen LogP contribution is -2.26. The summed E-state index contributed by atoms with van der Waals surface area (Å²) in [7, 11) is 1.82. The van der Waals surface area contributed by atoms with Crippen molar-refractivity contribution in [2.45, 2.75) is 19.4 Å². The smallest absolute Gasteiger partial charge is 0.222 e. The van der Waals surface area contributed by atoms with Gasteiger partial charge in [-0.1, -0.05) is 29.8 Å².